The Morgan fingerprint density at radius 3 is 2.73 bits per heavy atom. The normalized spacial score (nSPS) is 11.4. The van der Waals surface area contributed by atoms with E-state index in [1.807, 2.05) is 0 Å². The average Bonchev–Trinajstić information content (AvgIpc) is 3.01. The van der Waals surface area contributed by atoms with E-state index in [0.717, 1.165) is 12.3 Å². The van der Waals surface area contributed by atoms with Crippen molar-refractivity contribution in [2.24, 2.45) is 0 Å². The summed E-state index contributed by atoms with van der Waals surface area (Å²) < 4.78 is 44.5. The number of halogens is 3. The Morgan fingerprint density at radius 1 is 1.14 bits per heavy atom. The monoisotopic (exact) mass is 307 g/mol. The van der Waals surface area contributed by atoms with Crippen LogP contribution in [0.3, 0.4) is 0 Å². The van der Waals surface area contributed by atoms with Crippen LogP contribution in [0.2, 0.25) is 0 Å². The standard InChI is InChI=1S/C13H8F3N5O/c14-13(15,16)11-4-5-18-12(20-11)22-10-3-1-2-9(6-10)21-8-17-7-19-21/h1-8H. The largest absolute Gasteiger partial charge is 0.433 e. The van der Waals surface area contributed by atoms with Gasteiger partial charge in [0.15, 0.2) is 5.69 Å². The Bertz CT molecular complexity index is 773. The molecule has 0 N–H and O–H groups in total. The third-order valence-electron chi connectivity index (χ3n) is 2.63. The van der Waals surface area contributed by atoms with E-state index in [-0.39, 0.29) is 11.8 Å². The maximum atomic E-state index is 12.6. The molecule has 1 aromatic carbocycles. The fourth-order valence-electron chi connectivity index (χ4n) is 1.68. The molecule has 0 radical (unpaired) electrons. The quantitative estimate of drug-likeness (QED) is 0.744. The van der Waals surface area contributed by atoms with Crippen LogP contribution in [0.1, 0.15) is 5.69 Å². The highest BCUT2D eigenvalue weighted by Crippen LogP contribution is 2.29. The molecule has 0 unspecified atom stereocenters. The van der Waals surface area contributed by atoms with Crippen molar-refractivity contribution in [2.75, 3.05) is 0 Å². The van der Waals surface area contributed by atoms with Gasteiger partial charge in [-0.3, -0.25) is 0 Å². The third kappa shape index (κ3) is 3.03. The number of nitrogens with zero attached hydrogens (tertiary/aromatic N) is 5. The van der Waals surface area contributed by atoms with Crippen molar-refractivity contribution in [3.8, 4) is 17.4 Å². The molecular weight excluding hydrogens is 299 g/mol. The first-order chi connectivity index (χ1) is 10.5. The molecule has 0 aliphatic heterocycles. The van der Waals surface area contributed by atoms with Crippen molar-refractivity contribution in [2.45, 2.75) is 6.18 Å². The lowest BCUT2D eigenvalue weighted by molar-refractivity contribution is -0.141. The van der Waals surface area contributed by atoms with Gasteiger partial charge in [0, 0.05) is 12.3 Å². The van der Waals surface area contributed by atoms with Gasteiger partial charge >= 0.3 is 12.2 Å². The SMILES string of the molecule is FC(F)(F)c1ccnc(Oc2cccc(-n3cncn3)c2)n1. The zero-order valence-corrected chi connectivity index (χ0v) is 10.9. The zero-order valence-electron chi connectivity index (χ0n) is 10.9. The molecule has 9 heteroatoms. The molecule has 3 rings (SSSR count). The fourth-order valence-corrected chi connectivity index (χ4v) is 1.68. The van der Waals surface area contributed by atoms with Crippen LogP contribution in [0.25, 0.3) is 5.69 Å². The predicted octanol–water partition coefficient (Wildman–Crippen LogP) is 2.87. The van der Waals surface area contributed by atoms with E-state index < -0.39 is 11.9 Å². The maximum absolute atomic E-state index is 12.6. The van der Waals surface area contributed by atoms with E-state index in [4.69, 9.17) is 4.74 Å². The Morgan fingerprint density at radius 2 is 2.00 bits per heavy atom. The number of benzene rings is 1. The number of ether oxygens (including phenoxy) is 1. The van der Waals surface area contributed by atoms with E-state index in [9.17, 15) is 13.2 Å². The van der Waals surface area contributed by atoms with Gasteiger partial charge in [-0.05, 0) is 18.2 Å². The number of hydrogen-bond acceptors (Lipinski definition) is 5. The van der Waals surface area contributed by atoms with Gasteiger partial charge in [0.05, 0.1) is 5.69 Å². The lowest BCUT2D eigenvalue weighted by atomic mass is 10.3. The summed E-state index contributed by atoms with van der Waals surface area (Å²) >= 11 is 0. The first-order valence-electron chi connectivity index (χ1n) is 6.05. The van der Waals surface area contributed by atoms with Crippen LogP contribution in [0.4, 0.5) is 13.2 Å². The van der Waals surface area contributed by atoms with Gasteiger partial charge in [0.25, 0.3) is 0 Å². The van der Waals surface area contributed by atoms with Crippen LogP contribution in [-0.2, 0) is 6.18 Å². The molecule has 2 heterocycles. The molecule has 0 bridgehead atoms. The lowest BCUT2D eigenvalue weighted by Gasteiger charge is -2.08. The van der Waals surface area contributed by atoms with Crippen LogP contribution >= 0.6 is 0 Å². The molecule has 0 atom stereocenters. The van der Waals surface area contributed by atoms with E-state index in [1.165, 1.54) is 17.3 Å². The summed E-state index contributed by atoms with van der Waals surface area (Å²) in [5.74, 6) is 0.285. The predicted molar refractivity (Wildman–Crippen MR) is 68.5 cm³/mol. The topological polar surface area (TPSA) is 65.7 Å². The second kappa shape index (κ2) is 5.43. The highest BCUT2D eigenvalue weighted by atomic mass is 19.4. The fraction of sp³-hybridized carbons (Fsp3) is 0.0769. The van der Waals surface area contributed by atoms with Crippen LogP contribution in [0.15, 0.2) is 49.2 Å². The maximum Gasteiger partial charge on any atom is 0.433 e. The Kier molecular flexibility index (Phi) is 3.45. The number of aromatic nitrogens is 5. The van der Waals surface area contributed by atoms with Gasteiger partial charge in [-0.1, -0.05) is 6.07 Å². The highest BCUT2D eigenvalue weighted by Gasteiger charge is 2.33. The smallest absolute Gasteiger partial charge is 0.424 e. The molecule has 0 spiro atoms. The van der Waals surface area contributed by atoms with Gasteiger partial charge in [0.2, 0.25) is 0 Å². The minimum Gasteiger partial charge on any atom is -0.424 e. The minimum atomic E-state index is -4.55. The molecule has 0 aliphatic carbocycles. The Balaban J connectivity index is 1.86. The molecule has 22 heavy (non-hydrogen) atoms. The number of alkyl halides is 3. The number of hydrogen-bond donors (Lipinski definition) is 0. The van der Waals surface area contributed by atoms with Crippen molar-refractivity contribution >= 4 is 0 Å². The molecule has 0 saturated heterocycles. The van der Waals surface area contributed by atoms with Gasteiger partial charge in [-0.2, -0.15) is 23.3 Å². The van der Waals surface area contributed by atoms with Crippen molar-refractivity contribution in [1.29, 1.82) is 0 Å². The summed E-state index contributed by atoms with van der Waals surface area (Å²) in [4.78, 5) is 10.8. The molecule has 0 aliphatic rings. The van der Waals surface area contributed by atoms with Gasteiger partial charge in [0.1, 0.15) is 18.4 Å². The van der Waals surface area contributed by atoms with Gasteiger partial charge in [-0.15, -0.1) is 0 Å². The highest BCUT2D eigenvalue weighted by molar-refractivity contribution is 5.39. The van der Waals surface area contributed by atoms with Crippen molar-refractivity contribution in [3.05, 3.63) is 54.9 Å². The Labute approximate surface area is 122 Å². The van der Waals surface area contributed by atoms with E-state index in [2.05, 4.69) is 20.1 Å². The first kappa shape index (κ1) is 14.0. The third-order valence-corrected chi connectivity index (χ3v) is 2.63. The summed E-state index contributed by atoms with van der Waals surface area (Å²) in [7, 11) is 0. The minimum absolute atomic E-state index is 0.285. The molecule has 0 amide bonds. The van der Waals surface area contributed by atoms with Crippen LogP contribution in [0.5, 0.6) is 11.8 Å². The average molecular weight is 307 g/mol. The second-order valence-electron chi connectivity index (χ2n) is 4.16. The van der Waals surface area contributed by atoms with Crippen LogP contribution in [-0.4, -0.2) is 24.7 Å². The van der Waals surface area contributed by atoms with Crippen LogP contribution in [0, 0.1) is 0 Å². The molecule has 0 fully saturated rings. The second-order valence-corrected chi connectivity index (χ2v) is 4.16. The zero-order chi connectivity index (χ0) is 15.6. The molecule has 3 aromatic rings. The molecule has 2 aromatic heterocycles. The number of rotatable bonds is 3. The van der Waals surface area contributed by atoms with Gasteiger partial charge in [-0.25, -0.2) is 14.6 Å². The molecule has 0 saturated carbocycles. The van der Waals surface area contributed by atoms with Crippen molar-refractivity contribution in [3.63, 3.8) is 0 Å². The molecular formula is C13H8F3N5O. The van der Waals surface area contributed by atoms with E-state index in [0.29, 0.717) is 5.69 Å². The van der Waals surface area contributed by atoms with Gasteiger partial charge < -0.3 is 4.74 Å². The Hall–Kier alpha value is -2.97. The van der Waals surface area contributed by atoms with Crippen molar-refractivity contribution < 1.29 is 17.9 Å². The summed E-state index contributed by atoms with van der Waals surface area (Å²) in [6.45, 7) is 0. The summed E-state index contributed by atoms with van der Waals surface area (Å²) in [6.07, 6.45) is -0.709. The first-order valence-corrected chi connectivity index (χ1v) is 6.05. The van der Waals surface area contributed by atoms with E-state index >= 15 is 0 Å². The van der Waals surface area contributed by atoms with E-state index in [1.54, 1.807) is 24.3 Å². The van der Waals surface area contributed by atoms with Crippen molar-refractivity contribution in [1.82, 2.24) is 24.7 Å². The summed E-state index contributed by atoms with van der Waals surface area (Å²) in [5.41, 5.74) is -0.424. The van der Waals surface area contributed by atoms with Crippen LogP contribution < -0.4 is 4.74 Å². The summed E-state index contributed by atoms with van der Waals surface area (Å²) in [6, 6.07) is 6.96. The lowest BCUT2D eigenvalue weighted by Crippen LogP contribution is -2.08. The molecule has 6 nitrogen and oxygen atoms in total. The summed E-state index contributed by atoms with van der Waals surface area (Å²) in [5, 5.41) is 3.95. The molecule has 112 valence electrons.